The highest BCUT2D eigenvalue weighted by molar-refractivity contribution is 7.99. The molecule has 0 unspecified atom stereocenters. The average Bonchev–Trinajstić information content (AvgIpc) is 2.20. The van der Waals surface area contributed by atoms with Crippen LogP contribution in [-0.2, 0) is 0 Å². The Balaban J connectivity index is 2.81. The van der Waals surface area contributed by atoms with Crippen LogP contribution in [0.15, 0.2) is 23.1 Å². The van der Waals surface area contributed by atoms with Gasteiger partial charge in [-0.3, -0.25) is 10.1 Å². The molecule has 1 aromatic rings. The van der Waals surface area contributed by atoms with Crippen molar-refractivity contribution < 1.29 is 4.92 Å². The number of hydrogen-bond acceptors (Lipinski definition) is 3. The van der Waals surface area contributed by atoms with Crippen LogP contribution in [0, 0.1) is 17.0 Å². The largest absolute Gasteiger partial charge is 0.283 e. The first-order chi connectivity index (χ1) is 7.15. The van der Waals surface area contributed by atoms with E-state index < -0.39 is 0 Å². The Morgan fingerprint density at radius 1 is 1.53 bits per heavy atom. The van der Waals surface area contributed by atoms with Crippen LogP contribution >= 0.6 is 23.4 Å². The molecule has 0 radical (unpaired) electrons. The zero-order valence-electron chi connectivity index (χ0n) is 8.40. The van der Waals surface area contributed by atoms with Crippen LogP contribution in [0.1, 0.15) is 12.0 Å². The van der Waals surface area contributed by atoms with Gasteiger partial charge in [-0.15, -0.1) is 23.4 Å². The summed E-state index contributed by atoms with van der Waals surface area (Å²) in [5.41, 5.74) is 1.10. The fourth-order valence-corrected chi connectivity index (χ4v) is 2.38. The standard InChI is InChI=1S/C10H12ClNO2S/c1-8-3-4-10(15-6-2-5-11)9(7-8)12(13)14/h3-4,7H,2,5-6H2,1H3. The maximum Gasteiger partial charge on any atom is 0.283 e. The molecule has 0 heterocycles. The summed E-state index contributed by atoms with van der Waals surface area (Å²) in [7, 11) is 0. The molecule has 0 saturated carbocycles. The molecular formula is C10H12ClNO2S. The van der Waals surface area contributed by atoms with Crippen molar-refractivity contribution >= 4 is 29.1 Å². The number of rotatable bonds is 5. The van der Waals surface area contributed by atoms with Crippen LogP contribution in [0.4, 0.5) is 5.69 Å². The molecule has 0 spiro atoms. The summed E-state index contributed by atoms with van der Waals surface area (Å²) in [6.07, 6.45) is 0.858. The second-order valence-electron chi connectivity index (χ2n) is 3.12. The summed E-state index contributed by atoms with van der Waals surface area (Å²) in [4.78, 5) is 11.2. The van der Waals surface area contributed by atoms with Gasteiger partial charge in [0.15, 0.2) is 0 Å². The highest BCUT2D eigenvalue weighted by atomic mass is 35.5. The van der Waals surface area contributed by atoms with Crippen LogP contribution in [0.3, 0.4) is 0 Å². The van der Waals surface area contributed by atoms with Gasteiger partial charge in [-0.05, 0) is 30.7 Å². The monoisotopic (exact) mass is 245 g/mol. The SMILES string of the molecule is Cc1ccc(SCCCCl)c([N+](=O)[O-])c1. The Kier molecular flexibility index (Phi) is 4.91. The molecule has 3 nitrogen and oxygen atoms in total. The first-order valence-corrected chi connectivity index (χ1v) is 6.11. The molecule has 1 aromatic carbocycles. The Labute approximate surface area is 98.0 Å². The number of halogens is 1. The van der Waals surface area contributed by atoms with E-state index in [1.54, 1.807) is 12.1 Å². The molecule has 0 aliphatic rings. The molecular weight excluding hydrogens is 234 g/mol. The summed E-state index contributed by atoms with van der Waals surface area (Å²) >= 11 is 7.03. The van der Waals surface area contributed by atoms with E-state index >= 15 is 0 Å². The van der Waals surface area contributed by atoms with Gasteiger partial charge in [-0.1, -0.05) is 6.07 Å². The molecule has 15 heavy (non-hydrogen) atoms. The topological polar surface area (TPSA) is 43.1 Å². The van der Waals surface area contributed by atoms with Crippen molar-refractivity contribution in [1.29, 1.82) is 0 Å². The Morgan fingerprint density at radius 3 is 2.87 bits per heavy atom. The zero-order chi connectivity index (χ0) is 11.3. The molecule has 0 fully saturated rings. The van der Waals surface area contributed by atoms with E-state index in [9.17, 15) is 10.1 Å². The van der Waals surface area contributed by atoms with Crippen LogP contribution in [0.2, 0.25) is 0 Å². The van der Waals surface area contributed by atoms with Gasteiger partial charge in [0.05, 0.1) is 9.82 Å². The number of nitro benzene ring substituents is 1. The normalized spacial score (nSPS) is 10.3. The third-order valence-corrected chi connectivity index (χ3v) is 3.26. The molecule has 5 heteroatoms. The number of nitro groups is 1. The second-order valence-corrected chi connectivity index (χ2v) is 4.63. The third-order valence-electron chi connectivity index (χ3n) is 1.85. The number of alkyl halides is 1. The predicted octanol–water partition coefficient (Wildman–Crippen LogP) is 3.62. The summed E-state index contributed by atoms with van der Waals surface area (Å²) in [6.45, 7) is 1.85. The van der Waals surface area contributed by atoms with Gasteiger partial charge in [0.1, 0.15) is 0 Å². The van der Waals surface area contributed by atoms with Crippen LogP contribution < -0.4 is 0 Å². The van der Waals surface area contributed by atoms with E-state index in [0.717, 1.165) is 22.6 Å². The Morgan fingerprint density at radius 2 is 2.27 bits per heavy atom. The highest BCUT2D eigenvalue weighted by Gasteiger charge is 2.13. The quantitative estimate of drug-likeness (QED) is 0.262. The van der Waals surface area contributed by atoms with Crippen LogP contribution in [0.5, 0.6) is 0 Å². The first kappa shape index (κ1) is 12.3. The lowest BCUT2D eigenvalue weighted by molar-refractivity contribution is -0.387. The number of nitrogens with zero attached hydrogens (tertiary/aromatic N) is 1. The lowest BCUT2D eigenvalue weighted by Gasteiger charge is -2.02. The van der Waals surface area contributed by atoms with Gasteiger partial charge in [0.25, 0.3) is 5.69 Å². The fraction of sp³-hybridized carbons (Fsp3) is 0.400. The molecule has 0 amide bonds. The average molecular weight is 246 g/mol. The van der Waals surface area contributed by atoms with E-state index in [4.69, 9.17) is 11.6 Å². The van der Waals surface area contributed by atoms with Crippen molar-refractivity contribution in [2.24, 2.45) is 0 Å². The maximum absolute atomic E-state index is 10.8. The molecule has 0 aromatic heterocycles. The minimum atomic E-state index is -0.337. The highest BCUT2D eigenvalue weighted by Crippen LogP contribution is 2.30. The van der Waals surface area contributed by atoms with Crippen molar-refractivity contribution in [2.75, 3.05) is 11.6 Å². The molecule has 0 N–H and O–H groups in total. The molecule has 0 aliphatic carbocycles. The fourth-order valence-electron chi connectivity index (χ4n) is 1.13. The second kappa shape index (κ2) is 5.98. The zero-order valence-corrected chi connectivity index (χ0v) is 9.98. The lowest BCUT2D eigenvalue weighted by Crippen LogP contribution is -1.92. The van der Waals surface area contributed by atoms with Gasteiger partial charge in [-0.25, -0.2) is 0 Å². The number of thioether (sulfide) groups is 1. The Hall–Kier alpha value is -0.740. The van der Waals surface area contributed by atoms with Crippen LogP contribution in [0.25, 0.3) is 0 Å². The lowest BCUT2D eigenvalue weighted by atomic mass is 10.2. The molecule has 0 bridgehead atoms. The molecule has 0 aliphatic heterocycles. The van der Waals surface area contributed by atoms with E-state index in [2.05, 4.69) is 0 Å². The van der Waals surface area contributed by atoms with E-state index in [1.165, 1.54) is 11.8 Å². The predicted molar refractivity (Wildman–Crippen MR) is 63.9 cm³/mol. The first-order valence-electron chi connectivity index (χ1n) is 4.59. The minimum absolute atomic E-state index is 0.189. The van der Waals surface area contributed by atoms with Crippen molar-refractivity contribution in [3.8, 4) is 0 Å². The van der Waals surface area contributed by atoms with Gasteiger partial charge >= 0.3 is 0 Å². The van der Waals surface area contributed by atoms with Crippen molar-refractivity contribution in [3.63, 3.8) is 0 Å². The van der Waals surface area contributed by atoms with Gasteiger partial charge in [0.2, 0.25) is 0 Å². The summed E-state index contributed by atoms with van der Waals surface area (Å²) in [6, 6.07) is 5.28. The smallest absolute Gasteiger partial charge is 0.258 e. The third kappa shape index (κ3) is 3.72. The van der Waals surface area contributed by atoms with Crippen LogP contribution in [-0.4, -0.2) is 16.6 Å². The van der Waals surface area contributed by atoms with E-state index in [1.807, 2.05) is 13.0 Å². The van der Waals surface area contributed by atoms with Gasteiger partial charge in [0, 0.05) is 11.9 Å². The molecule has 82 valence electrons. The van der Waals surface area contributed by atoms with Gasteiger partial charge < -0.3 is 0 Å². The number of aryl methyl sites for hydroxylation is 1. The van der Waals surface area contributed by atoms with Crippen molar-refractivity contribution in [1.82, 2.24) is 0 Å². The Bertz CT molecular complexity index is 357. The summed E-state index contributed by atoms with van der Waals surface area (Å²) in [5, 5.41) is 10.8. The van der Waals surface area contributed by atoms with Gasteiger partial charge in [-0.2, -0.15) is 0 Å². The number of hydrogen-bond donors (Lipinski definition) is 0. The van der Waals surface area contributed by atoms with E-state index in [-0.39, 0.29) is 10.6 Å². The molecule has 0 saturated heterocycles. The summed E-state index contributed by atoms with van der Waals surface area (Å²) in [5.74, 6) is 1.40. The summed E-state index contributed by atoms with van der Waals surface area (Å²) < 4.78 is 0. The minimum Gasteiger partial charge on any atom is -0.258 e. The molecule has 0 atom stereocenters. The molecule has 1 rings (SSSR count). The van der Waals surface area contributed by atoms with Crippen molar-refractivity contribution in [3.05, 3.63) is 33.9 Å². The van der Waals surface area contributed by atoms with Crippen molar-refractivity contribution in [2.45, 2.75) is 18.2 Å². The van der Waals surface area contributed by atoms with E-state index in [0.29, 0.717) is 5.88 Å². The number of benzene rings is 1. The maximum atomic E-state index is 10.8.